The first kappa shape index (κ1) is 11.1. The molecule has 0 aromatic carbocycles. The average Bonchev–Trinajstić information content (AvgIpc) is 2.10. The van der Waals surface area contributed by atoms with Crippen molar-refractivity contribution in [2.45, 2.75) is 25.4 Å². The molecular weight excluding hydrogens is 194 g/mol. The Bertz CT molecular complexity index is 263. The Balaban J connectivity index is 2.92. The van der Waals surface area contributed by atoms with Crippen LogP contribution in [0.4, 0.5) is 8.78 Å². The van der Waals surface area contributed by atoms with Crippen molar-refractivity contribution in [2.24, 2.45) is 0 Å². The van der Waals surface area contributed by atoms with E-state index in [0.29, 0.717) is 6.08 Å². The van der Waals surface area contributed by atoms with Crippen LogP contribution in [0.15, 0.2) is 12.2 Å². The predicted molar refractivity (Wildman–Crippen MR) is 45.1 cm³/mol. The molecule has 3 nitrogen and oxygen atoms in total. The fourth-order valence-corrected chi connectivity index (χ4v) is 1.13. The third-order valence-electron chi connectivity index (χ3n) is 2.10. The van der Waals surface area contributed by atoms with Gasteiger partial charge >= 0.3 is 11.9 Å². The van der Waals surface area contributed by atoms with Gasteiger partial charge in [-0.15, -0.1) is 0 Å². The van der Waals surface area contributed by atoms with Gasteiger partial charge in [-0.2, -0.15) is 8.78 Å². The highest BCUT2D eigenvalue weighted by molar-refractivity contribution is 5.81. The highest BCUT2D eigenvalue weighted by Crippen LogP contribution is 2.36. The van der Waals surface area contributed by atoms with E-state index in [2.05, 4.69) is 4.74 Å². The quantitative estimate of drug-likeness (QED) is 0.507. The number of halogens is 2. The van der Waals surface area contributed by atoms with Crippen LogP contribution in [-0.4, -0.2) is 30.7 Å². The van der Waals surface area contributed by atoms with E-state index >= 15 is 0 Å². The summed E-state index contributed by atoms with van der Waals surface area (Å²) < 4.78 is 36.0. The summed E-state index contributed by atoms with van der Waals surface area (Å²) in [6.45, 7) is 2.63. The minimum absolute atomic E-state index is 0.00902. The molecule has 0 fully saturated rings. The maximum Gasteiger partial charge on any atom is 0.344 e. The van der Waals surface area contributed by atoms with Gasteiger partial charge in [-0.3, -0.25) is 0 Å². The molecule has 0 spiro atoms. The molecule has 0 N–H and O–H groups in total. The first-order chi connectivity index (χ1) is 6.44. The third kappa shape index (κ3) is 1.64. The van der Waals surface area contributed by atoms with Gasteiger partial charge in [-0.05, 0) is 19.9 Å². The molecule has 0 aromatic heterocycles. The Morgan fingerprint density at radius 1 is 1.64 bits per heavy atom. The van der Waals surface area contributed by atoms with Crippen molar-refractivity contribution in [3.05, 3.63) is 12.2 Å². The molecule has 1 aliphatic rings. The molecule has 0 aromatic rings. The summed E-state index contributed by atoms with van der Waals surface area (Å²) in [5.74, 6) is -4.35. The molecule has 0 bridgehead atoms. The number of carbonyl (C=O) groups excluding carboxylic acids is 1. The van der Waals surface area contributed by atoms with Gasteiger partial charge in [0.05, 0.1) is 13.2 Å². The maximum atomic E-state index is 13.3. The van der Waals surface area contributed by atoms with Crippen molar-refractivity contribution in [1.82, 2.24) is 0 Å². The van der Waals surface area contributed by atoms with Crippen LogP contribution in [0.1, 0.15) is 13.8 Å². The van der Waals surface area contributed by atoms with Crippen molar-refractivity contribution in [2.75, 3.05) is 13.2 Å². The monoisotopic (exact) mass is 206 g/mol. The molecule has 0 amide bonds. The smallest absolute Gasteiger partial charge is 0.344 e. The molecule has 14 heavy (non-hydrogen) atoms. The van der Waals surface area contributed by atoms with Crippen LogP contribution in [0.2, 0.25) is 0 Å². The van der Waals surface area contributed by atoms with Gasteiger partial charge in [-0.25, -0.2) is 4.79 Å². The normalized spacial score (nSPS) is 30.0. The number of ether oxygens (including phenoxy) is 2. The van der Waals surface area contributed by atoms with Crippen LogP contribution >= 0.6 is 0 Å². The van der Waals surface area contributed by atoms with Gasteiger partial charge in [0, 0.05) is 0 Å². The standard InChI is InChI=1S/C9H12F2O3/c1-3-13-7(12)8(2)9(10,11)5-4-6-14-8/h4-5H,3,6H2,1-2H3. The van der Waals surface area contributed by atoms with Crippen LogP contribution < -0.4 is 0 Å². The lowest BCUT2D eigenvalue weighted by atomic mass is 9.95. The minimum Gasteiger partial charge on any atom is -0.464 e. The lowest BCUT2D eigenvalue weighted by Crippen LogP contribution is -2.55. The van der Waals surface area contributed by atoms with Gasteiger partial charge in [0.15, 0.2) is 0 Å². The Hall–Kier alpha value is -0.970. The zero-order valence-corrected chi connectivity index (χ0v) is 8.05. The largest absolute Gasteiger partial charge is 0.464 e. The Kier molecular flexibility index (Phi) is 2.89. The molecule has 0 aliphatic carbocycles. The molecule has 1 unspecified atom stereocenters. The maximum absolute atomic E-state index is 13.3. The van der Waals surface area contributed by atoms with E-state index in [1.165, 1.54) is 6.08 Å². The van der Waals surface area contributed by atoms with Crippen molar-refractivity contribution in [1.29, 1.82) is 0 Å². The number of carbonyl (C=O) groups is 1. The summed E-state index contributed by atoms with van der Waals surface area (Å²) in [7, 11) is 0. The Labute approximate surface area is 80.7 Å². The molecule has 5 heteroatoms. The Morgan fingerprint density at radius 3 is 2.79 bits per heavy atom. The molecule has 1 aliphatic heterocycles. The van der Waals surface area contributed by atoms with Crippen LogP contribution in [0.3, 0.4) is 0 Å². The van der Waals surface area contributed by atoms with E-state index in [1.54, 1.807) is 6.92 Å². The van der Waals surface area contributed by atoms with Crippen molar-refractivity contribution in [3.8, 4) is 0 Å². The van der Waals surface area contributed by atoms with Gasteiger partial charge in [0.25, 0.3) is 0 Å². The van der Waals surface area contributed by atoms with Crippen LogP contribution in [0.5, 0.6) is 0 Å². The van der Waals surface area contributed by atoms with Gasteiger partial charge < -0.3 is 9.47 Å². The molecule has 0 saturated carbocycles. The van der Waals surface area contributed by atoms with Gasteiger partial charge in [-0.1, -0.05) is 6.08 Å². The lowest BCUT2D eigenvalue weighted by Gasteiger charge is -2.35. The summed E-state index contributed by atoms with van der Waals surface area (Å²) in [5, 5.41) is 0. The fourth-order valence-electron chi connectivity index (χ4n) is 1.13. The van der Waals surface area contributed by atoms with E-state index in [4.69, 9.17) is 4.74 Å². The third-order valence-corrected chi connectivity index (χ3v) is 2.10. The number of esters is 1. The summed E-state index contributed by atoms with van der Waals surface area (Å²) in [6.07, 6.45) is 1.86. The van der Waals surface area contributed by atoms with E-state index in [1.807, 2.05) is 0 Å². The van der Waals surface area contributed by atoms with E-state index < -0.39 is 17.5 Å². The summed E-state index contributed by atoms with van der Waals surface area (Å²) in [5.41, 5.74) is -2.20. The molecule has 1 atom stereocenters. The topological polar surface area (TPSA) is 35.5 Å². The number of hydrogen-bond acceptors (Lipinski definition) is 3. The highest BCUT2D eigenvalue weighted by atomic mass is 19.3. The second-order valence-electron chi connectivity index (χ2n) is 3.09. The highest BCUT2D eigenvalue weighted by Gasteiger charge is 2.57. The average molecular weight is 206 g/mol. The zero-order chi connectivity index (χ0) is 10.8. The molecule has 1 heterocycles. The van der Waals surface area contributed by atoms with Crippen LogP contribution in [-0.2, 0) is 14.3 Å². The SMILES string of the molecule is CCOC(=O)C1(C)OCC=CC1(F)F. The number of hydrogen-bond donors (Lipinski definition) is 0. The Morgan fingerprint density at radius 2 is 2.29 bits per heavy atom. The van der Waals surface area contributed by atoms with E-state index in [0.717, 1.165) is 6.92 Å². The van der Waals surface area contributed by atoms with Crippen molar-refractivity contribution < 1.29 is 23.0 Å². The minimum atomic E-state index is -3.32. The van der Waals surface area contributed by atoms with Crippen LogP contribution in [0.25, 0.3) is 0 Å². The lowest BCUT2D eigenvalue weighted by molar-refractivity contribution is -0.209. The number of rotatable bonds is 2. The first-order valence-corrected chi connectivity index (χ1v) is 4.31. The second-order valence-corrected chi connectivity index (χ2v) is 3.09. The molecule has 80 valence electrons. The first-order valence-electron chi connectivity index (χ1n) is 4.31. The van der Waals surface area contributed by atoms with E-state index in [9.17, 15) is 13.6 Å². The van der Waals surface area contributed by atoms with E-state index in [-0.39, 0.29) is 13.2 Å². The van der Waals surface area contributed by atoms with Gasteiger partial charge in [0.2, 0.25) is 5.60 Å². The van der Waals surface area contributed by atoms with Crippen LogP contribution in [0, 0.1) is 0 Å². The second kappa shape index (κ2) is 3.65. The van der Waals surface area contributed by atoms with Crippen molar-refractivity contribution in [3.63, 3.8) is 0 Å². The summed E-state index contributed by atoms with van der Waals surface area (Å²) in [4.78, 5) is 11.3. The molecule has 0 radical (unpaired) electrons. The summed E-state index contributed by atoms with van der Waals surface area (Å²) >= 11 is 0. The molecule has 0 saturated heterocycles. The summed E-state index contributed by atoms with van der Waals surface area (Å²) in [6, 6.07) is 0. The fraction of sp³-hybridized carbons (Fsp3) is 0.667. The number of alkyl halides is 2. The van der Waals surface area contributed by atoms with Crippen molar-refractivity contribution >= 4 is 5.97 Å². The molecular formula is C9H12F2O3. The molecule has 1 rings (SSSR count). The van der Waals surface area contributed by atoms with Gasteiger partial charge in [0.1, 0.15) is 0 Å². The predicted octanol–water partition coefficient (Wildman–Crippen LogP) is 1.53. The zero-order valence-electron chi connectivity index (χ0n) is 8.05.